The molecule has 5 aromatic rings. The quantitative estimate of drug-likeness (QED) is 0.114. The molecule has 6 rings (SSSR count). The lowest BCUT2D eigenvalue weighted by Crippen LogP contribution is -2.25. The van der Waals surface area contributed by atoms with E-state index in [2.05, 4.69) is 58.7 Å². The Balaban J connectivity index is 0.000000662. The van der Waals surface area contributed by atoms with E-state index in [1.165, 1.54) is 52.0 Å². The summed E-state index contributed by atoms with van der Waals surface area (Å²) in [5.74, 6) is -3.93. The van der Waals surface area contributed by atoms with Gasteiger partial charge >= 0.3 is 11.9 Å². The van der Waals surface area contributed by atoms with Crippen molar-refractivity contribution in [1.82, 2.24) is 4.90 Å². The van der Waals surface area contributed by atoms with Gasteiger partial charge in [0.05, 0.1) is 0 Å². The molecule has 0 aliphatic carbocycles. The van der Waals surface area contributed by atoms with Crippen LogP contribution in [0.2, 0.25) is 0 Å². The van der Waals surface area contributed by atoms with Crippen LogP contribution in [0.15, 0.2) is 103 Å². The second-order valence-electron chi connectivity index (χ2n) is 11.0. The Kier molecular flexibility index (Phi) is 11.1. The number of Topliss-reactive ketones (excluding diaryl/α,β-unsaturated/α-hetero) is 1. The molecule has 9 nitrogen and oxygen atoms in total. The minimum Gasteiger partial charge on any atom is -0.492 e. The lowest BCUT2D eigenvalue weighted by atomic mass is 9.99. The van der Waals surface area contributed by atoms with Gasteiger partial charge in [-0.25, -0.2) is 9.59 Å². The predicted molar refractivity (Wildman–Crippen MR) is 182 cm³/mol. The third-order valence-corrected chi connectivity index (χ3v) is 8.97. The van der Waals surface area contributed by atoms with E-state index in [1.54, 1.807) is 35.6 Å². The van der Waals surface area contributed by atoms with E-state index in [-0.39, 0.29) is 0 Å². The summed E-state index contributed by atoms with van der Waals surface area (Å²) in [5, 5.41) is 18.8. The molecule has 4 aromatic carbocycles. The number of aliphatic carboxylic acids is 2. The van der Waals surface area contributed by atoms with Crippen LogP contribution in [0.3, 0.4) is 0 Å². The van der Waals surface area contributed by atoms with Crippen molar-refractivity contribution in [2.45, 2.75) is 19.3 Å². The van der Waals surface area contributed by atoms with Gasteiger partial charge in [0.1, 0.15) is 12.4 Å². The molecule has 1 aromatic heterocycles. The van der Waals surface area contributed by atoms with Gasteiger partial charge in [0.2, 0.25) is 0 Å². The van der Waals surface area contributed by atoms with E-state index in [1.807, 2.05) is 30.3 Å². The number of anilines is 1. The molecule has 47 heavy (non-hydrogen) atoms. The molecule has 1 amide bonds. The molecule has 0 unspecified atom stereocenters. The highest BCUT2D eigenvalue weighted by molar-refractivity contribution is 7.22. The molecule has 0 radical (unpaired) electrons. The van der Waals surface area contributed by atoms with E-state index in [0.717, 1.165) is 30.9 Å². The van der Waals surface area contributed by atoms with Crippen molar-refractivity contribution in [1.29, 1.82) is 0 Å². The van der Waals surface area contributed by atoms with E-state index >= 15 is 0 Å². The van der Waals surface area contributed by atoms with Crippen molar-refractivity contribution in [2.24, 2.45) is 0 Å². The van der Waals surface area contributed by atoms with Crippen LogP contribution in [0.25, 0.3) is 20.5 Å². The number of carboxylic acid groups (broad SMARTS) is 2. The molecule has 1 saturated heterocycles. The summed E-state index contributed by atoms with van der Waals surface area (Å²) in [4.78, 5) is 46.8. The topological polar surface area (TPSA) is 133 Å². The summed E-state index contributed by atoms with van der Waals surface area (Å²) in [7, 11) is 0. The number of hydrogen-bond donors (Lipinski definition) is 3. The van der Waals surface area contributed by atoms with Crippen LogP contribution >= 0.6 is 11.3 Å². The van der Waals surface area contributed by atoms with Crippen LogP contribution in [0.1, 0.15) is 34.3 Å². The monoisotopic (exact) mass is 650 g/mol. The fraction of sp³-hybridized carbons (Fsp3) is 0.189. The smallest absolute Gasteiger partial charge is 0.414 e. The molecule has 0 spiro atoms. The van der Waals surface area contributed by atoms with Gasteiger partial charge in [-0.05, 0) is 84.8 Å². The summed E-state index contributed by atoms with van der Waals surface area (Å²) >= 11 is 1.77. The molecule has 1 fully saturated rings. The number of ether oxygens (including phenoxy) is 1. The number of carboxylic acids is 2. The van der Waals surface area contributed by atoms with Gasteiger partial charge < -0.3 is 20.3 Å². The Labute approximate surface area is 276 Å². The number of amides is 1. The number of carbonyl (C=O) groups excluding carboxylic acids is 2. The zero-order chi connectivity index (χ0) is 33.2. The molecule has 1 aliphatic rings. The normalized spacial score (nSPS) is 12.6. The highest BCUT2D eigenvalue weighted by Crippen LogP contribution is 2.40. The molecule has 3 N–H and O–H groups in total. The highest BCUT2D eigenvalue weighted by atomic mass is 32.1. The Morgan fingerprint density at radius 3 is 2.06 bits per heavy atom. The van der Waals surface area contributed by atoms with Crippen molar-refractivity contribution in [3.8, 4) is 16.2 Å². The second kappa shape index (κ2) is 15.8. The first kappa shape index (κ1) is 33.1. The number of nitrogens with zero attached hydrogens (tertiary/aromatic N) is 1. The van der Waals surface area contributed by atoms with Gasteiger partial charge in [0.15, 0.2) is 0 Å². The van der Waals surface area contributed by atoms with Crippen molar-refractivity contribution < 1.29 is 34.1 Å². The number of carbonyl (C=O) groups is 4. The number of likely N-dealkylation sites (tertiary alicyclic amines) is 1. The summed E-state index contributed by atoms with van der Waals surface area (Å²) in [6.07, 6.45) is 3.40. The van der Waals surface area contributed by atoms with Gasteiger partial charge in [-0.1, -0.05) is 72.8 Å². The summed E-state index contributed by atoms with van der Waals surface area (Å²) in [6, 6.07) is 33.3. The fourth-order valence-corrected chi connectivity index (χ4v) is 6.55. The van der Waals surface area contributed by atoms with Crippen LogP contribution < -0.4 is 10.1 Å². The SMILES string of the molecule is O=C(Nc1ccc(-c2sc3ccccc3c2Cc2ccc(OCCN3CCCC3)cc2)cc1)C(=O)c1ccccc1.O=C(O)C(=O)O. The van der Waals surface area contributed by atoms with Crippen molar-refractivity contribution >= 4 is 50.7 Å². The van der Waals surface area contributed by atoms with E-state index in [9.17, 15) is 9.59 Å². The minimum atomic E-state index is -1.82. The molecule has 0 bridgehead atoms. The fourth-order valence-electron chi connectivity index (χ4n) is 5.33. The summed E-state index contributed by atoms with van der Waals surface area (Å²) in [5.41, 5.74) is 4.55. The second-order valence-corrected chi connectivity index (χ2v) is 12.0. The number of fused-ring (bicyclic) bond motifs is 1. The van der Waals surface area contributed by atoms with Gasteiger partial charge in [0.25, 0.3) is 11.7 Å². The maximum absolute atomic E-state index is 12.5. The highest BCUT2D eigenvalue weighted by Gasteiger charge is 2.18. The van der Waals surface area contributed by atoms with Crippen molar-refractivity contribution in [2.75, 3.05) is 31.6 Å². The average Bonchev–Trinajstić information content (AvgIpc) is 3.74. The van der Waals surface area contributed by atoms with Crippen LogP contribution in [0.5, 0.6) is 5.75 Å². The molecule has 0 atom stereocenters. The Morgan fingerprint density at radius 2 is 1.40 bits per heavy atom. The Hall–Kier alpha value is -5.32. The lowest BCUT2D eigenvalue weighted by molar-refractivity contribution is -0.159. The van der Waals surface area contributed by atoms with Gasteiger partial charge in [-0.15, -0.1) is 11.3 Å². The van der Waals surface area contributed by atoms with Crippen molar-refractivity contribution in [3.63, 3.8) is 0 Å². The molecule has 0 saturated carbocycles. The summed E-state index contributed by atoms with van der Waals surface area (Å²) in [6.45, 7) is 4.07. The van der Waals surface area contributed by atoms with Gasteiger partial charge in [0, 0.05) is 27.4 Å². The van der Waals surface area contributed by atoms with Crippen LogP contribution in [-0.2, 0) is 20.8 Å². The lowest BCUT2D eigenvalue weighted by Gasteiger charge is -2.15. The number of nitrogens with one attached hydrogen (secondary N) is 1. The van der Waals surface area contributed by atoms with Crippen LogP contribution in [-0.4, -0.2) is 65.0 Å². The van der Waals surface area contributed by atoms with E-state index < -0.39 is 23.6 Å². The third kappa shape index (κ3) is 8.90. The number of ketones is 1. The first-order valence-corrected chi connectivity index (χ1v) is 16.0. The third-order valence-electron chi connectivity index (χ3n) is 7.71. The van der Waals surface area contributed by atoms with Gasteiger partial charge in [-0.2, -0.15) is 0 Å². The Bertz CT molecular complexity index is 1830. The maximum atomic E-state index is 12.5. The molecular formula is C37H34N2O7S. The average molecular weight is 651 g/mol. The number of rotatable bonds is 10. The van der Waals surface area contributed by atoms with Crippen LogP contribution in [0, 0.1) is 0 Å². The minimum absolute atomic E-state index is 0.373. The van der Waals surface area contributed by atoms with Crippen LogP contribution in [0.4, 0.5) is 5.69 Å². The number of hydrogen-bond acceptors (Lipinski definition) is 7. The first-order valence-electron chi connectivity index (χ1n) is 15.2. The summed E-state index contributed by atoms with van der Waals surface area (Å²) < 4.78 is 7.25. The van der Waals surface area contributed by atoms with Gasteiger partial charge in [-0.3, -0.25) is 14.5 Å². The number of thiophene rings is 1. The molecule has 2 heterocycles. The number of benzene rings is 4. The largest absolute Gasteiger partial charge is 0.492 e. The molecular weight excluding hydrogens is 616 g/mol. The predicted octanol–water partition coefficient (Wildman–Crippen LogP) is 6.61. The Morgan fingerprint density at radius 1 is 0.766 bits per heavy atom. The van der Waals surface area contributed by atoms with E-state index in [0.29, 0.717) is 11.3 Å². The van der Waals surface area contributed by atoms with E-state index in [4.69, 9.17) is 24.5 Å². The molecule has 1 aliphatic heterocycles. The zero-order valence-electron chi connectivity index (χ0n) is 25.6. The zero-order valence-corrected chi connectivity index (χ0v) is 26.4. The van der Waals surface area contributed by atoms with Crippen molar-refractivity contribution in [3.05, 3.63) is 120 Å². The molecule has 240 valence electrons. The standard InChI is InChI=1S/C35H32N2O3S.C2H2O4/c38-33(26-8-2-1-3-9-26)35(39)36-28-16-14-27(15-17-28)34-31(30-10-4-5-11-32(30)41-34)24-25-12-18-29(19-13-25)40-23-22-37-20-6-7-21-37;3-1(4)2(5)6/h1-5,8-19H,6-7,20-24H2,(H,36,39);(H,3,4)(H,5,6). The first-order chi connectivity index (χ1) is 22.8. The molecule has 10 heteroatoms. The maximum Gasteiger partial charge on any atom is 0.414 e.